The van der Waals surface area contributed by atoms with Crippen LogP contribution in [-0.4, -0.2) is 57.6 Å². The molecule has 0 spiro atoms. The first kappa shape index (κ1) is 28.4. The van der Waals surface area contributed by atoms with Crippen molar-refractivity contribution in [2.24, 2.45) is 0 Å². The normalized spacial score (nSPS) is 12.1. The van der Waals surface area contributed by atoms with E-state index in [2.05, 4.69) is 5.32 Å². The zero-order valence-corrected chi connectivity index (χ0v) is 21.8. The molecule has 0 heterocycles. The van der Waals surface area contributed by atoms with Gasteiger partial charge in [-0.25, -0.2) is 12.8 Å². The fourth-order valence-corrected chi connectivity index (χ4v) is 4.37. The first-order chi connectivity index (χ1) is 16.5. The summed E-state index contributed by atoms with van der Waals surface area (Å²) in [7, 11) is -2.57. The number of rotatable bonds is 12. The third kappa shape index (κ3) is 8.10. The quantitative estimate of drug-likeness (QED) is 0.426. The zero-order chi connectivity index (χ0) is 26.2. The molecule has 8 nitrogen and oxygen atoms in total. The van der Waals surface area contributed by atoms with Gasteiger partial charge in [0.1, 0.15) is 24.2 Å². The van der Waals surface area contributed by atoms with Crippen LogP contribution in [0.5, 0.6) is 5.75 Å². The molecule has 1 atom stereocenters. The van der Waals surface area contributed by atoms with Crippen molar-refractivity contribution >= 4 is 39.1 Å². The summed E-state index contributed by atoms with van der Waals surface area (Å²) in [6.07, 6.45) is 2.63. The summed E-state index contributed by atoms with van der Waals surface area (Å²) >= 11 is 6.08. The van der Waals surface area contributed by atoms with Crippen LogP contribution in [0.15, 0.2) is 42.5 Å². The Kier molecular flexibility index (Phi) is 10.3. The van der Waals surface area contributed by atoms with Crippen LogP contribution in [-0.2, 0) is 26.2 Å². The highest BCUT2D eigenvalue weighted by Gasteiger charge is 2.31. The van der Waals surface area contributed by atoms with Crippen molar-refractivity contribution < 1.29 is 27.1 Å². The fourth-order valence-electron chi connectivity index (χ4n) is 3.36. The molecule has 0 saturated carbocycles. The Balaban J connectivity index is 2.41. The minimum atomic E-state index is -3.94. The minimum absolute atomic E-state index is 0.0221. The van der Waals surface area contributed by atoms with E-state index in [9.17, 15) is 22.4 Å². The molecule has 0 saturated heterocycles. The molecule has 0 unspecified atom stereocenters. The number of methoxy groups -OCH3 is 1. The van der Waals surface area contributed by atoms with Gasteiger partial charge in [-0.2, -0.15) is 0 Å². The third-order valence-electron chi connectivity index (χ3n) is 5.35. The van der Waals surface area contributed by atoms with E-state index in [4.69, 9.17) is 16.3 Å². The average Bonchev–Trinajstić information content (AvgIpc) is 2.80. The standard InChI is InChI=1S/C24H31ClFN3O5S/c1-5-6-13-27-24(31)17(2)28(15-18-7-10-20(26)11-8-18)23(30)16-29(35(4,32)33)21-14-19(25)9-12-22(21)34-3/h7-12,14,17H,5-6,13,15-16H2,1-4H3,(H,27,31)/t17-/m1/s1. The van der Waals surface area contributed by atoms with Crippen LogP contribution in [0.1, 0.15) is 32.3 Å². The van der Waals surface area contributed by atoms with Crippen LogP contribution in [0.2, 0.25) is 5.02 Å². The maximum absolute atomic E-state index is 13.5. The molecule has 11 heteroatoms. The number of hydrogen-bond donors (Lipinski definition) is 1. The van der Waals surface area contributed by atoms with Gasteiger partial charge in [-0.05, 0) is 49.2 Å². The topological polar surface area (TPSA) is 96.0 Å². The Bertz CT molecular complexity index is 1130. The van der Waals surface area contributed by atoms with E-state index in [0.29, 0.717) is 12.1 Å². The summed E-state index contributed by atoms with van der Waals surface area (Å²) in [5.41, 5.74) is 0.678. The Hall–Kier alpha value is -2.85. The van der Waals surface area contributed by atoms with Gasteiger partial charge in [0.25, 0.3) is 0 Å². The highest BCUT2D eigenvalue weighted by atomic mass is 35.5. The van der Waals surface area contributed by atoms with E-state index in [0.717, 1.165) is 23.4 Å². The van der Waals surface area contributed by atoms with Crippen LogP contribution in [0, 0.1) is 5.82 Å². The molecule has 0 radical (unpaired) electrons. The molecule has 0 aliphatic rings. The van der Waals surface area contributed by atoms with Crippen LogP contribution >= 0.6 is 11.6 Å². The molecule has 0 fully saturated rings. The second kappa shape index (κ2) is 12.7. The molecule has 0 aliphatic carbocycles. The Morgan fingerprint density at radius 3 is 2.40 bits per heavy atom. The van der Waals surface area contributed by atoms with Gasteiger partial charge >= 0.3 is 0 Å². The molecule has 192 valence electrons. The summed E-state index contributed by atoms with van der Waals surface area (Å²) in [6.45, 7) is 3.39. The van der Waals surface area contributed by atoms with Gasteiger partial charge in [-0.1, -0.05) is 37.1 Å². The largest absolute Gasteiger partial charge is 0.495 e. The monoisotopic (exact) mass is 527 g/mol. The lowest BCUT2D eigenvalue weighted by atomic mass is 10.1. The number of halogens is 2. The number of benzene rings is 2. The lowest BCUT2D eigenvalue weighted by molar-refractivity contribution is -0.139. The number of unbranched alkanes of at least 4 members (excludes halogenated alkanes) is 1. The van der Waals surface area contributed by atoms with Gasteiger partial charge in [0, 0.05) is 18.1 Å². The molecule has 0 aromatic heterocycles. The lowest BCUT2D eigenvalue weighted by Gasteiger charge is -2.32. The van der Waals surface area contributed by atoms with Gasteiger partial charge < -0.3 is 15.0 Å². The molecule has 0 aliphatic heterocycles. The number of sulfonamides is 1. The average molecular weight is 528 g/mol. The predicted molar refractivity (Wildman–Crippen MR) is 135 cm³/mol. The summed E-state index contributed by atoms with van der Waals surface area (Å²) in [6, 6.07) is 9.03. The smallest absolute Gasteiger partial charge is 0.244 e. The number of anilines is 1. The van der Waals surface area contributed by atoms with E-state index in [-0.39, 0.29) is 28.9 Å². The lowest BCUT2D eigenvalue weighted by Crippen LogP contribution is -2.51. The highest BCUT2D eigenvalue weighted by Crippen LogP contribution is 2.33. The van der Waals surface area contributed by atoms with Crippen LogP contribution in [0.3, 0.4) is 0 Å². The molecule has 2 aromatic rings. The molecule has 35 heavy (non-hydrogen) atoms. The second-order valence-corrected chi connectivity index (χ2v) is 10.4. The van der Waals surface area contributed by atoms with Crippen molar-refractivity contribution in [1.29, 1.82) is 0 Å². The van der Waals surface area contributed by atoms with Gasteiger partial charge in [0.2, 0.25) is 21.8 Å². The van der Waals surface area contributed by atoms with Crippen molar-refractivity contribution in [3.8, 4) is 5.75 Å². The molecule has 1 N–H and O–H groups in total. The number of nitrogens with one attached hydrogen (secondary N) is 1. The molecular formula is C24H31ClFN3O5S. The molecule has 2 rings (SSSR count). The summed E-state index contributed by atoms with van der Waals surface area (Å²) in [5, 5.41) is 3.05. The maximum Gasteiger partial charge on any atom is 0.244 e. The minimum Gasteiger partial charge on any atom is -0.495 e. The van der Waals surface area contributed by atoms with Crippen LogP contribution < -0.4 is 14.4 Å². The van der Waals surface area contributed by atoms with E-state index < -0.39 is 34.3 Å². The SMILES string of the molecule is CCCCNC(=O)[C@@H](C)N(Cc1ccc(F)cc1)C(=O)CN(c1cc(Cl)ccc1OC)S(C)(=O)=O. The van der Waals surface area contributed by atoms with Crippen molar-refractivity contribution in [3.05, 3.63) is 58.9 Å². The van der Waals surface area contributed by atoms with Crippen molar-refractivity contribution in [3.63, 3.8) is 0 Å². The summed E-state index contributed by atoms with van der Waals surface area (Å²) < 4.78 is 44.9. The number of carbonyl (C=O) groups is 2. The molecule has 0 bridgehead atoms. The summed E-state index contributed by atoms with van der Waals surface area (Å²) in [5.74, 6) is -1.23. The number of hydrogen-bond acceptors (Lipinski definition) is 5. The van der Waals surface area contributed by atoms with E-state index in [1.165, 1.54) is 54.5 Å². The molecule has 2 aromatic carbocycles. The zero-order valence-electron chi connectivity index (χ0n) is 20.3. The van der Waals surface area contributed by atoms with Crippen molar-refractivity contribution in [2.75, 3.05) is 30.8 Å². The van der Waals surface area contributed by atoms with Crippen molar-refractivity contribution in [2.45, 2.75) is 39.3 Å². The summed E-state index contributed by atoms with van der Waals surface area (Å²) in [4.78, 5) is 27.5. The van der Waals surface area contributed by atoms with Gasteiger partial charge in [0.05, 0.1) is 19.1 Å². The van der Waals surface area contributed by atoms with E-state index in [1.54, 1.807) is 6.92 Å². The van der Waals surface area contributed by atoms with E-state index in [1.807, 2.05) is 6.92 Å². The van der Waals surface area contributed by atoms with E-state index >= 15 is 0 Å². The molecule has 2 amide bonds. The predicted octanol–water partition coefficient (Wildman–Crippen LogP) is 3.59. The van der Waals surface area contributed by atoms with Crippen molar-refractivity contribution in [1.82, 2.24) is 10.2 Å². The Morgan fingerprint density at radius 2 is 1.83 bits per heavy atom. The third-order valence-corrected chi connectivity index (χ3v) is 6.71. The first-order valence-corrected chi connectivity index (χ1v) is 13.3. The van der Waals surface area contributed by atoms with Gasteiger partial charge in [0.15, 0.2) is 0 Å². The Labute approximate surface area is 211 Å². The second-order valence-electron chi connectivity index (χ2n) is 8.05. The molecular weight excluding hydrogens is 497 g/mol. The first-order valence-electron chi connectivity index (χ1n) is 11.1. The number of carbonyl (C=O) groups excluding carboxylic acids is 2. The van der Waals surface area contributed by atoms with Crippen LogP contribution in [0.4, 0.5) is 10.1 Å². The highest BCUT2D eigenvalue weighted by molar-refractivity contribution is 7.92. The number of ether oxygens (including phenoxy) is 1. The van der Waals surface area contributed by atoms with Gasteiger partial charge in [-0.3, -0.25) is 13.9 Å². The van der Waals surface area contributed by atoms with Gasteiger partial charge in [-0.15, -0.1) is 0 Å². The Morgan fingerprint density at radius 1 is 1.17 bits per heavy atom. The maximum atomic E-state index is 13.5. The number of amides is 2. The number of nitrogens with zero attached hydrogens (tertiary/aromatic N) is 2. The van der Waals surface area contributed by atoms with Crippen LogP contribution in [0.25, 0.3) is 0 Å². The fraction of sp³-hybridized carbons (Fsp3) is 0.417.